The summed E-state index contributed by atoms with van der Waals surface area (Å²) in [4.78, 5) is 11.6. The molecular formula is C24H47NO11S. The molecule has 0 spiro atoms. The first kappa shape index (κ1) is 34.1. The second-order valence-corrected chi connectivity index (χ2v) is 11.5. The van der Waals surface area contributed by atoms with E-state index in [9.17, 15) is 38.7 Å². The third-order valence-electron chi connectivity index (χ3n) is 6.49. The van der Waals surface area contributed by atoms with Gasteiger partial charge >= 0.3 is 0 Å². The van der Waals surface area contributed by atoms with Crippen molar-refractivity contribution in [2.45, 2.75) is 127 Å². The molecule has 0 aliphatic carbocycles. The normalized spacial score (nSPS) is 26.1. The summed E-state index contributed by atoms with van der Waals surface area (Å²) in [6, 6.07) is 0. The van der Waals surface area contributed by atoms with Crippen molar-refractivity contribution < 1.29 is 52.8 Å². The second kappa shape index (κ2) is 18.4. The van der Waals surface area contributed by atoms with E-state index in [0.717, 1.165) is 57.8 Å². The molecule has 0 aromatic heterocycles. The Hall–Kier alpha value is -0.900. The number of amides is 1. The minimum atomic E-state index is -4.06. The Labute approximate surface area is 220 Å². The van der Waals surface area contributed by atoms with E-state index in [4.69, 9.17) is 14.0 Å². The van der Waals surface area contributed by atoms with Gasteiger partial charge in [-0.05, 0) is 32.6 Å². The zero-order valence-electron chi connectivity index (χ0n) is 21.8. The molecule has 0 saturated carbocycles. The van der Waals surface area contributed by atoms with Gasteiger partial charge in [-0.1, -0.05) is 44.9 Å². The fourth-order valence-corrected chi connectivity index (χ4v) is 4.57. The number of nitrogens with one attached hydrogen (secondary N) is 1. The third kappa shape index (κ3) is 15.3. The van der Waals surface area contributed by atoms with Crippen LogP contribution in [-0.4, -0.2) is 106 Å². The highest BCUT2D eigenvalue weighted by Gasteiger charge is 2.44. The number of unbranched alkanes of at least 4 members (excludes halogenated alkanes) is 6. The Morgan fingerprint density at radius 3 is 2.05 bits per heavy atom. The van der Waals surface area contributed by atoms with Crippen molar-refractivity contribution in [3.63, 3.8) is 0 Å². The first-order valence-electron chi connectivity index (χ1n) is 13.3. The molecule has 1 amide bonds. The van der Waals surface area contributed by atoms with E-state index in [1.54, 1.807) is 0 Å². The summed E-state index contributed by atoms with van der Waals surface area (Å²) in [5, 5.41) is 51.5. The topological polar surface area (TPSA) is 203 Å². The van der Waals surface area contributed by atoms with Crippen molar-refractivity contribution >= 4 is 16.0 Å². The molecule has 1 saturated heterocycles. The van der Waals surface area contributed by atoms with Crippen LogP contribution in [0.3, 0.4) is 0 Å². The molecule has 0 aromatic rings. The molecule has 1 fully saturated rings. The van der Waals surface area contributed by atoms with Crippen LogP contribution < -0.4 is 5.32 Å². The van der Waals surface area contributed by atoms with Crippen LogP contribution in [0.1, 0.15) is 84.0 Å². The average Bonchev–Trinajstić information content (AvgIpc) is 2.83. The highest BCUT2D eigenvalue weighted by atomic mass is 32.2. The van der Waals surface area contributed by atoms with Gasteiger partial charge in [0.25, 0.3) is 10.1 Å². The molecule has 1 aliphatic heterocycles. The Morgan fingerprint density at radius 2 is 1.49 bits per heavy atom. The van der Waals surface area contributed by atoms with Crippen molar-refractivity contribution in [2.75, 3.05) is 18.9 Å². The summed E-state index contributed by atoms with van der Waals surface area (Å²) in [6.07, 6.45) is 2.56. The number of rotatable bonds is 20. The number of hydrogen-bond donors (Lipinski definition) is 7. The lowest BCUT2D eigenvalue weighted by Crippen LogP contribution is -2.59. The van der Waals surface area contributed by atoms with Gasteiger partial charge < -0.3 is 40.3 Å². The minimum Gasteiger partial charge on any atom is -0.394 e. The van der Waals surface area contributed by atoms with E-state index in [1.165, 1.54) is 0 Å². The van der Waals surface area contributed by atoms with Crippen LogP contribution in [0.15, 0.2) is 0 Å². The lowest BCUT2D eigenvalue weighted by molar-refractivity contribution is -0.310. The minimum absolute atomic E-state index is 0.0984. The van der Waals surface area contributed by atoms with Gasteiger partial charge in [-0.25, -0.2) is 0 Å². The molecular weight excluding hydrogens is 510 g/mol. The maximum atomic E-state index is 11.6. The molecule has 7 N–H and O–H groups in total. The van der Waals surface area contributed by atoms with E-state index >= 15 is 0 Å². The van der Waals surface area contributed by atoms with Gasteiger partial charge in [0, 0.05) is 13.0 Å². The molecule has 37 heavy (non-hydrogen) atoms. The predicted molar refractivity (Wildman–Crippen MR) is 135 cm³/mol. The smallest absolute Gasteiger partial charge is 0.266 e. The number of hydrogen-bond acceptors (Lipinski definition) is 10. The summed E-state index contributed by atoms with van der Waals surface area (Å²) in [5.74, 6) is -0.728. The third-order valence-corrected chi connectivity index (χ3v) is 7.21. The van der Waals surface area contributed by atoms with Crippen molar-refractivity contribution in [3.8, 4) is 0 Å². The highest BCUT2D eigenvalue weighted by molar-refractivity contribution is 7.85. The van der Waals surface area contributed by atoms with E-state index in [-0.39, 0.29) is 24.7 Å². The number of carbonyl (C=O) groups is 1. The molecule has 0 aromatic carbocycles. The summed E-state index contributed by atoms with van der Waals surface area (Å²) in [6.45, 7) is 1.24. The molecule has 1 heterocycles. The number of aliphatic hydroxyl groups is 5. The summed E-state index contributed by atoms with van der Waals surface area (Å²) < 4.78 is 40.8. The van der Waals surface area contributed by atoms with Gasteiger partial charge in [0.2, 0.25) is 5.91 Å². The van der Waals surface area contributed by atoms with Gasteiger partial charge in [-0.2, -0.15) is 8.42 Å². The molecule has 1 aliphatic rings. The zero-order chi connectivity index (χ0) is 27.8. The lowest BCUT2D eigenvalue weighted by Gasteiger charge is -2.40. The van der Waals surface area contributed by atoms with Gasteiger partial charge in [0.15, 0.2) is 6.29 Å². The first-order chi connectivity index (χ1) is 17.4. The summed E-state index contributed by atoms with van der Waals surface area (Å²) in [5.41, 5.74) is 0. The monoisotopic (exact) mass is 557 g/mol. The highest BCUT2D eigenvalue weighted by Crippen LogP contribution is 2.24. The van der Waals surface area contributed by atoms with Crippen molar-refractivity contribution in [2.24, 2.45) is 0 Å². The number of aliphatic hydroxyl groups excluding tert-OH is 5. The summed E-state index contributed by atoms with van der Waals surface area (Å²) in [7, 11) is -4.06. The molecule has 7 atom stereocenters. The maximum Gasteiger partial charge on any atom is 0.266 e. The van der Waals surface area contributed by atoms with Gasteiger partial charge in [-0.15, -0.1) is 0 Å². The zero-order valence-corrected chi connectivity index (χ0v) is 22.6. The molecule has 220 valence electrons. The Kier molecular flexibility index (Phi) is 17.0. The van der Waals surface area contributed by atoms with Crippen LogP contribution in [-0.2, 0) is 24.4 Å². The largest absolute Gasteiger partial charge is 0.394 e. The number of carbonyl (C=O) groups excluding carboxylic acids is 1. The van der Waals surface area contributed by atoms with Crippen molar-refractivity contribution in [1.82, 2.24) is 5.32 Å². The Bertz CT molecular complexity index is 721. The molecule has 0 bridgehead atoms. The van der Waals surface area contributed by atoms with Crippen LogP contribution in [0.2, 0.25) is 0 Å². The standard InChI is InChI=1S/C24H47NO11S/c1-17(35-24-23(31)22(30)21(29)19(16-26)36-24)10-6-2-3-7-11-18(27)12-8-4-5-9-13-20(28)25-14-15-37(32,33)34/h17-19,21-24,26-27,29-31H,2-16H2,1H3,(H,25,28)(H,32,33,34)/t17-,18?,19-,21-,22+,23-,24-/m1/s1. The number of ether oxygens (including phenoxy) is 2. The van der Waals surface area contributed by atoms with Crippen molar-refractivity contribution in [3.05, 3.63) is 0 Å². The average molecular weight is 558 g/mol. The fourth-order valence-electron chi connectivity index (χ4n) is 4.21. The first-order valence-corrected chi connectivity index (χ1v) is 14.9. The summed E-state index contributed by atoms with van der Waals surface area (Å²) >= 11 is 0. The van der Waals surface area contributed by atoms with E-state index in [0.29, 0.717) is 19.3 Å². The quantitative estimate of drug-likeness (QED) is 0.0798. The molecule has 12 nitrogen and oxygen atoms in total. The predicted octanol–water partition coefficient (Wildman–Crippen LogP) is 0.238. The van der Waals surface area contributed by atoms with Gasteiger partial charge in [0.1, 0.15) is 24.4 Å². The fraction of sp³-hybridized carbons (Fsp3) is 0.958. The van der Waals surface area contributed by atoms with E-state index in [1.807, 2.05) is 6.92 Å². The van der Waals surface area contributed by atoms with Gasteiger partial charge in [0.05, 0.1) is 24.6 Å². The second-order valence-electron chi connectivity index (χ2n) is 9.88. The van der Waals surface area contributed by atoms with Crippen LogP contribution in [0, 0.1) is 0 Å². The molecule has 1 unspecified atom stereocenters. The van der Waals surface area contributed by atoms with Crippen LogP contribution in [0.25, 0.3) is 0 Å². The van der Waals surface area contributed by atoms with E-state index < -0.39 is 53.2 Å². The maximum absolute atomic E-state index is 11.6. The Morgan fingerprint density at radius 1 is 0.919 bits per heavy atom. The molecule has 0 radical (unpaired) electrons. The molecule has 13 heteroatoms. The SMILES string of the molecule is C[C@H](CCCCCCC(O)CCCCCCC(=O)NCCS(=O)(=O)O)O[C@@H]1O[C@H](CO)[C@@H](O)[C@H](O)[C@H]1O. The van der Waals surface area contributed by atoms with Gasteiger partial charge in [-0.3, -0.25) is 9.35 Å². The lowest BCUT2D eigenvalue weighted by atomic mass is 9.99. The van der Waals surface area contributed by atoms with E-state index in [2.05, 4.69) is 5.32 Å². The molecule has 1 rings (SSSR count). The Balaban J connectivity index is 2.00. The van der Waals surface area contributed by atoms with Crippen molar-refractivity contribution in [1.29, 1.82) is 0 Å². The van der Waals surface area contributed by atoms with Crippen LogP contribution >= 0.6 is 0 Å². The van der Waals surface area contributed by atoms with Crippen LogP contribution in [0.5, 0.6) is 0 Å². The van der Waals surface area contributed by atoms with Crippen LogP contribution in [0.4, 0.5) is 0 Å².